The van der Waals surface area contributed by atoms with Crippen LogP contribution >= 0.6 is 27.5 Å². The lowest BCUT2D eigenvalue weighted by molar-refractivity contribution is -0.123. The number of alkyl halides is 2. The molecule has 2 rings (SSSR count). The van der Waals surface area contributed by atoms with Crippen LogP contribution in [0.2, 0.25) is 0 Å². The van der Waals surface area contributed by atoms with E-state index in [0.717, 1.165) is 24.8 Å². The van der Waals surface area contributed by atoms with Gasteiger partial charge in [-0.05, 0) is 60.7 Å². The molecule has 0 aromatic rings. The number of hydrogen-bond acceptors (Lipinski definition) is 2. The van der Waals surface area contributed by atoms with Gasteiger partial charge in [0.05, 0.1) is 5.38 Å². The average molecular weight is 572 g/mol. The van der Waals surface area contributed by atoms with Crippen LogP contribution in [0.3, 0.4) is 0 Å². The van der Waals surface area contributed by atoms with Crippen molar-refractivity contribution < 1.29 is 9.59 Å². The maximum Gasteiger partial charge on any atom is 0.135 e. The molecule has 7 atom stereocenters. The van der Waals surface area contributed by atoms with Crippen molar-refractivity contribution in [3.8, 4) is 0 Å². The Morgan fingerprint density at radius 2 is 1.43 bits per heavy atom. The average Bonchev–Trinajstić information content (AvgIpc) is 2.80. The summed E-state index contributed by atoms with van der Waals surface area (Å²) in [6.45, 7) is 27.9. The topological polar surface area (TPSA) is 34.1 Å². The van der Waals surface area contributed by atoms with Gasteiger partial charge in [-0.15, -0.1) is 11.6 Å². The van der Waals surface area contributed by atoms with Crippen molar-refractivity contribution >= 4 is 39.1 Å². The molecule has 0 amide bonds. The minimum Gasteiger partial charge on any atom is -0.299 e. The maximum absolute atomic E-state index is 11.8. The molecular weight excluding hydrogens is 520 g/mol. The van der Waals surface area contributed by atoms with Gasteiger partial charge in [0.15, 0.2) is 0 Å². The first kappa shape index (κ1) is 32.6. The van der Waals surface area contributed by atoms with Crippen LogP contribution in [-0.4, -0.2) is 21.8 Å². The van der Waals surface area contributed by atoms with E-state index in [1.165, 1.54) is 18.4 Å². The van der Waals surface area contributed by atoms with E-state index in [4.69, 9.17) is 11.6 Å². The summed E-state index contributed by atoms with van der Waals surface area (Å²) < 4.78 is 0. The second-order valence-electron chi connectivity index (χ2n) is 12.6. The summed E-state index contributed by atoms with van der Waals surface area (Å²) >= 11 is 10.1. The molecule has 0 saturated heterocycles. The van der Waals surface area contributed by atoms with Crippen LogP contribution in [0.5, 0.6) is 0 Å². The van der Waals surface area contributed by atoms with Gasteiger partial charge >= 0.3 is 0 Å². The Labute approximate surface area is 230 Å². The Morgan fingerprint density at radius 3 is 1.89 bits per heavy atom. The predicted molar refractivity (Wildman–Crippen MR) is 156 cm³/mol. The summed E-state index contributed by atoms with van der Waals surface area (Å²) in [5.41, 5.74) is 2.89. The SMILES string of the molecule is C=C1C(Br)CCC(C)(C)C1CC(C)C(=O)CC.C=C1C(Cl)CC(C)C(C)(C)C1CC(C)C(=O)CC. The molecule has 0 radical (unpaired) electrons. The lowest BCUT2D eigenvalue weighted by Crippen LogP contribution is -2.41. The molecule has 0 bridgehead atoms. The number of rotatable bonds is 8. The van der Waals surface area contributed by atoms with Gasteiger partial charge in [-0.2, -0.15) is 0 Å². The molecule has 0 heterocycles. The summed E-state index contributed by atoms with van der Waals surface area (Å²) in [6, 6.07) is 0. The van der Waals surface area contributed by atoms with Crippen LogP contribution in [-0.2, 0) is 9.59 Å². The minimum absolute atomic E-state index is 0.0713. The monoisotopic (exact) mass is 570 g/mol. The highest BCUT2D eigenvalue weighted by Crippen LogP contribution is 2.51. The van der Waals surface area contributed by atoms with Crippen LogP contribution in [0, 0.1) is 40.4 Å². The van der Waals surface area contributed by atoms with Gasteiger partial charge in [-0.1, -0.05) is 103 Å². The number of carbonyl (C=O) groups excluding carboxylic acids is 2. The van der Waals surface area contributed by atoms with Gasteiger partial charge in [-0.3, -0.25) is 9.59 Å². The quantitative estimate of drug-likeness (QED) is 0.215. The Bertz CT molecular complexity index is 768. The predicted octanol–water partition coefficient (Wildman–Crippen LogP) is 9.59. The molecule has 2 aliphatic rings. The van der Waals surface area contributed by atoms with Crippen molar-refractivity contribution in [3.63, 3.8) is 0 Å². The van der Waals surface area contributed by atoms with Gasteiger partial charge in [0.25, 0.3) is 0 Å². The fraction of sp³-hybridized carbons (Fsp3) is 0.806. The highest BCUT2D eigenvalue weighted by molar-refractivity contribution is 9.09. The first-order valence-corrected chi connectivity index (χ1v) is 15.1. The lowest BCUT2D eigenvalue weighted by Gasteiger charge is -2.48. The number of carbonyl (C=O) groups is 2. The zero-order valence-electron chi connectivity index (χ0n) is 24.0. The molecule has 0 aromatic heterocycles. The summed E-state index contributed by atoms with van der Waals surface area (Å²) in [6.07, 6.45) is 6.50. The van der Waals surface area contributed by atoms with E-state index < -0.39 is 0 Å². The van der Waals surface area contributed by atoms with Gasteiger partial charge < -0.3 is 0 Å². The van der Waals surface area contributed by atoms with E-state index >= 15 is 0 Å². The first-order valence-electron chi connectivity index (χ1n) is 13.7. The van der Waals surface area contributed by atoms with Gasteiger partial charge in [-0.25, -0.2) is 0 Å². The molecule has 4 heteroatoms. The highest BCUT2D eigenvalue weighted by atomic mass is 79.9. The highest BCUT2D eigenvalue weighted by Gasteiger charge is 2.44. The third-order valence-corrected chi connectivity index (χ3v) is 10.9. The largest absolute Gasteiger partial charge is 0.299 e. The minimum atomic E-state index is 0.0713. The third kappa shape index (κ3) is 8.29. The molecule has 2 fully saturated rings. The number of hydrogen-bond donors (Lipinski definition) is 0. The Balaban J connectivity index is 0.000000351. The van der Waals surface area contributed by atoms with Gasteiger partial charge in [0.2, 0.25) is 0 Å². The second kappa shape index (κ2) is 13.4. The van der Waals surface area contributed by atoms with Gasteiger partial charge in [0, 0.05) is 29.5 Å². The van der Waals surface area contributed by atoms with Gasteiger partial charge in [0.1, 0.15) is 11.6 Å². The van der Waals surface area contributed by atoms with Crippen LogP contribution in [0.4, 0.5) is 0 Å². The standard InChI is InChI=1S/C16H27ClO.C15H25BrO/c1-7-15(18)10(2)8-13-12(4)14(17)9-11(3)16(13,5)6;1-6-14(17)10(2)9-12-11(3)13(16)7-8-15(12,4)5/h10-11,13-14H,4,7-9H2,1-3,5-6H3;10,12-13H,3,6-9H2,1-2,4-5H3. The molecular formula is C31H52BrClO2. The Kier molecular flexibility index (Phi) is 12.5. The molecule has 35 heavy (non-hydrogen) atoms. The smallest absolute Gasteiger partial charge is 0.135 e. The molecule has 7 unspecified atom stereocenters. The molecule has 202 valence electrons. The van der Waals surface area contributed by atoms with E-state index in [9.17, 15) is 9.59 Å². The molecule has 2 nitrogen and oxygen atoms in total. The normalized spacial score (nSPS) is 31.7. The van der Waals surface area contributed by atoms with E-state index in [2.05, 4.69) is 70.6 Å². The number of Topliss-reactive ketones (excluding diaryl/α,β-unsaturated/α-hetero) is 2. The fourth-order valence-electron chi connectivity index (χ4n) is 5.98. The van der Waals surface area contributed by atoms with Crippen molar-refractivity contribution in [2.75, 3.05) is 0 Å². The number of halogens is 2. The summed E-state index contributed by atoms with van der Waals surface area (Å²) in [4.78, 5) is 24.0. The summed E-state index contributed by atoms with van der Waals surface area (Å²) in [7, 11) is 0. The second-order valence-corrected chi connectivity index (χ2v) is 14.2. The fourth-order valence-corrected chi connectivity index (χ4v) is 6.94. The number of allylic oxidation sites excluding steroid dienone is 2. The van der Waals surface area contributed by atoms with Crippen LogP contribution in [0.25, 0.3) is 0 Å². The molecule has 0 spiro atoms. The molecule has 0 N–H and O–H groups in total. The zero-order valence-corrected chi connectivity index (χ0v) is 26.3. The van der Waals surface area contributed by atoms with E-state index in [-0.39, 0.29) is 28.0 Å². The van der Waals surface area contributed by atoms with Crippen LogP contribution < -0.4 is 0 Å². The summed E-state index contributed by atoms with van der Waals surface area (Å²) in [5, 5.41) is 0.0713. The van der Waals surface area contributed by atoms with Crippen molar-refractivity contribution in [1.29, 1.82) is 0 Å². The van der Waals surface area contributed by atoms with Crippen molar-refractivity contribution in [3.05, 3.63) is 24.3 Å². The summed E-state index contributed by atoms with van der Waals surface area (Å²) in [5.74, 6) is 2.40. The first-order chi connectivity index (χ1) is 16.0. The van der Waals surface area contributed by atoms with Crippen molar-refractivity contribution in [2.45, 2.75) is 117 Å². The van der Waals surface area contributed by atoms with Crippen molar-refractivity contribution in [1.82, 2.24) is 0 Å². The Hall–Kier alpha value is -0.410. The third-order valence-electron chi connectivity index (χ3n) is 9.39. The maximum atomic E-state index is 11.8. The Morgan fingerprint density at radius 1 is 0.971 bits per heavy atom. The molecule has 0 aliphatic heterocycles. The van der Waals surface area contributed by atoms with Crippen molar-refractivity contribution in [2.24, 2.45) is 40.4 Å². The van der Waals surface area contributed by atoms with E-state index in [0.29, 0.717) is 47.0 Å². The lowest BCUT2D eigenvalue weighted by atomic mass is 9.59. The molecule has 0 aromatic carbocycles. The number of ketones is 2. The van der Waals surface area contributed by atoms with E-state index in [1.54, 1.807) is 0 Å². The van der Waals surface area contributed by atoms with E-state index in [1.807, 2.05) is 20.8 Å². The van der Waals surface area contributed by atoms with Crippen LogP contribution in [0.15, 0.2) is 24.3 Å². The molecule has 2 aliphatic carbocycles. The molecule has 2 saturated carbocycles. The van der Waals surface area contributed by atoms with Crippen LogP contribution in [0.1, 0.15) is 107 Å². The zero-order chi connectivity index (χ0) is 27.3.